The van der Waals surface area contributed by atoms with E-state index in [1.54, 1.807) is 23.9 Å². The first-order valence-corrected chi connectivity index (χ1v) is 10.2. The van der Waals surface area contributed by atoms with Crippen LogP contribution in [0.3, 0.4) is 0 Å². The predicted octanol–water partition coefficient (Wildman–Crippen LogP) is 3.27. The van der Waals surface area contributed by atoms with Crippen molar-refractivity contribution in [1.29, 1.82) is 0 Å². The number of rotatable bonds is 4. The van der Waals surface area contributed by atoms with E-state index in [9.17, 15) is 9.90 Å². The van der Waals surface area contributed by atoms with E-state index in [0.717, 1.165) is 45.9 Å². The fourth-order valence-corrected chi connectivity index (χ4v) is 4.29. The Morgan fingerprint density at radius 2 is 2.03 bits per heavy atom. The van der Waals surface area contributed by atoms with Crippen LogP contribution in [0.15, 0.2) is 52.2 Å². The van der Waals surface area contributed by atoms with Crippen molar-refractivity contribution in [2.75, 3.05) is 0 Å². The number of benzene rings is 1. The van der Waals surface area contributed by atoms with Crippen molar-refractivity contribution in [2.24, 2.45) is 17.8 Å². The molecule has 1 saturated carbocycles. The van der Waals surface area contributed by atoms with Gasteiger partial charge < -0.3 is 10.8 Å². The number of nitrogens with two attached hydrogens (primary N) is 1. The standard InChI is InChI=1S/C23H27N5O2/c1-14(4-11-21(24)25-2)15-5-10-19-18(12-15)22-20(13-26-19)27(3)23(30)28(22)16-6-8-17(29)9-7-16/h4-5,10-13,16-17,29H,2,6-9,24H2,1,3H3/b14-4+,21-11-/t16-,17+. The number of aliphatic hydroxyl groups excluding tert-OH is 1. The average molecular weight is 406 g/mol. The Balaban J connectivity index is 1.92. The number of aliphatic imine (C=N–C) groups is 1. The molecule has 0 aliphatic heterocycles. The summed E-state index contributed by atoms with van der Waals surface area (Å²) in [5, 5.41) is 10.9. The lowest BCUT2D eigenvalue weighted by molar-refractivity contribution is 0.111. The van der Waals surface area contributed by atoms with Gasteiger partial charge in [-0.2, -0.15) is 0 Å². The van der Waals surface area contributed by atoms with Crippen LogP contribution >= 0.6 is 0 Å². The average Bonchev–Trinajstić information content (AvgIpc) is 3.02. The van der Waals surface area contributed by atoms with Crippen molar-refractivity contribution < 1.29 is 5.11 Å². The second kappa shape index (κ2) is 7.91. The zero-order valence-corrected chi connectivity index (χ0v) is 17.4. The molecule has 0 saturated heterocycles. The van der Waals surface area contributed by atoms with Crippen molar-refractivity contribution in [3.05, 3.63) is 58.4 Å². The fourth-order valence-electron chi connectivity index (χ4n) is 4.29. The number of aliphatic hydroxyl groups is 1. The van der Waals surface area contributed by atoms with E-state index in [4.69, 9.17) is 5.73 Å². The molecule has 2 aromatic heterocycles. The lowest BCUT2D eigenvalue weighted by Gasteiger charge is -2.26. The molecular formula is C23H27N5O2. The molecule has 0 atom stereocenters. The Morgan fingerprint density at radius 3 is 2.73 bits per heavy atom. The third-order valence-electron chi connectivity index (χ3n) is 6.09. The highest BCUT2D eigenvalue weighted by molar-refractivity contribution is 6.03. The van der Waals surface area contributed by atoms with Gasteiger partial charge in [0.25, 0.3) is 0 Å². The lowest BCUT2D eigenvalue weighted by atomic mass is 9.92. The Bertz CT molecular complexity index is 1240. The zero-order chi connectivity index (χ0) is 21.4. The van der Waals surface area contributed by atoms with E-state index in [1.807, 2.05) is 29.7 Å². The van der Waals surface area contributed by atoms with Crippen LogP contribution in [0, 0.1) is 0 Å². The summed E-state index contributed by atoms with van der Waals surface area (Å²) in [4.78, 5) is 21.4. The SMILES string of the molecule is C=N/C(N)=C\C=C(/C)c1ccc2ncc3c(c2c1)n([C@H]1CC[C@@H](O)CC1)c(=O)n3C. The maximum absolute atomic E-state index is 13.1. The molecule has 0 spiro atoms. The molecule has 1 fully saturated rings. The van der Waals surface area contributed by atoms with Gasteiger partial charge in [-0.3, -0.25) is 14.1 Å². The molecule has 0 amide bonds. The van der Waals surface area contributed by atoms with Gasteiger partial charge in [-0.05, 0) is 68.7 Å². The molecule has 7 heteroatoms. The molecule has 3 N–H and O–H groups in total. The first-order valence-electron chi connectivity index (χ1n) is 10.2. The summed E-state index contributed by atoms with van der Waals surface area (Å²) in [5.41, 5.74) is 10.3. The minimum atomic E-state index is -0.268. The van der Waals surface area contributed by atoms with Gasteiger partial charge in [0.1, 0.15) is 5.82 Å². The topological polar surface area (TPSA) is 98.4 Å². The summed E-state index contributed by atoms with van der Waals surface area (Å²) in [5.74, 6) is 0.357. The number of aromatic nitrogens is 3. The van der Waals surface area contributed by atoms with Gasteiger partial charge in [0.2, 0.25) is 0 Å². The summed E-state index contributed by atoms with van der Waals surface area (Å²) in [6.07, 6.45) is 8.15. The smallest absolute Gasteiger partial charge is 0.329 e. The first kappa shape index (κ1) is 20.1. The minimum absolute atomic E-state index is 0.0360. The second-order valence-corrected chi connectivity index (χ2v) is 8.00. The van der Waals surface area contributed by atoms with E-state index in [2.05, 4.69) is 22.8 Å². The first-order chi connectivity index (χ1) is 14.4. The van der Waals surface area contributed by atoms with Gasteiger partial charge in [-0.15, -0.1) is 0 Å². The van der Waals surface area contributed by atoms with Crippen molar-refractivity contribution in [2.45, 2.75) is 44.8 Å². The Labute approximate surface area is 174 Å². The molecule has 2 heterocycles. The van der Waals surface area contributed by atoms with Gasteiger partial charge in [-0.25, -0.2) is 9.79 Å². The molecule has 0 unspecified atom stereocenters. The van der Waals surface area contributed by atoms with Crippen LogP contribution in [0.2, 0.25) is 0 Å². The molecule has 4 rings (SSSR count). The Hall–Kier alpha value is -3.19. The fraction of sp³-hybridized carbons (Fsp3) is 0.348. The number of nitrogens with zero attached hydrogens (tertiary/aromatic N) is 4. The van der Waals surface area contributed by atoms with Crippen LogP contribution in [0.1, 0.15) is 44.2 Å². The van der Waals surface area contributed by atoms with Crippen LogP contribution < -0.4 is 11.4 Å². The Morgan fingerprint density at radius 1 is 1.30 bits per heavy atom. The van der Waals surface area contributed by atoms with Gasteiger partial charge >= 0.3 is 5.69 Å². The number of aryl methyl sites for hydroxylation is 1. The summed E-state index contributed by atoms with van der Waals surface area (Å²) >= 11 is 0. The van der Waals surface area contributed by atoms with Crippen molar-refractivity contribution >= 4 is 34.2 Å². The van der Waals surface area contributed by atoms with Crippen molar-refractivity contribution in [3.63, 3.8) is 0 Å². The monoisotopic (exact) mass is 405 g/mol. The number of pyridine rings is 1. The summed E-state index contributed by atoms with van der Waals surface area (Å²) in [6.45, 7) is 5.43. The number of fused-ring (bicyclic) bond motifs is 3. The van der Waals surface area contributed by atoms with E-state index in [0.29, 0.717) is 18.7 Å². The minimum Gasteiger partial charge on any atom is -0.393 e. The third-order valence-corrected chi connectivity index (χ3v) is 6.09. The van der Waals surface area contributed by atoms with E-state index < -0.39 is 0 Å². The molecule has 0 bridgehead atoms. The number of hydrogen-bond donors (Lipinski definition) is 2. The molecule has 0 radical (unpaired) electrons. The maximum Gasteiger partial charge on any atom is 0.329 e. The normalized spacial score (nSPS) is 20.8. The summed E-state index contributed by atoms with van der Waals surface area (Å²) < 4.78 is 3.58. The van der Waals surface area contributed by atoms with Crippen LogP contribution in [0.4, 0.5) is 0 Å². The Kier molecular flexibility index (Phi) is 5.30. The predicted molar refractivity (Wildman–Crippen MR) is 121 cm³/mol. The van der Waals surface area contributed by atoms with Gasteiger partial charge in [0.05, 0.1) is 28.9 Å². The molecule has 156 valence electrons. The van der Waals surface area contributed by atoms with Crippen LogP contribution in [-0.4, -0.2) is 32.0 Å². The highest BCUT2D eigenvalue weighted by Gasteiger charge is 2.26. The van der Waals surface area contributed by atoms with Gasteiger partial charge in [0, 0.05) is 18.5 Å². The number of hydrogen-bond acceptors (Lipinski definition) is 5. The highest BCUT2D eigenvalue weighted by Crippen LogP contribution is 2.33. The lowest BCUT2D eigenvalue weighted by Crippen LogP contribution is -2.29. The third kappa shape index (κ3) is 3.45. The van der Waals surface area contributed by atoms with Crippen LogP contribution in [0.5, 0.6) is 0 Å². The maximum atomic E-state index is 13.1. The molecule has 7 nitrogen and oxygen atoms in total. The molecular weight excluding hydrogens is 378 g/mol. The molecule has 1 aliphatic rings. The molecule has 30 heavy (non-hydrogen) atoms. The van der Waals surface area contributed by atoms with Crippen LogP contribution in [-0.2, 0) is 7.05 Å². The molecule has 1 aliphatic carbocycles. The van der Waals surface area contributed by atoms with Gasteiger partial charge in [0.15, 0.2) is 0 Å². The van der Waals surface area contributed by atoms with E-state index in [1.165, 1.54) is 0 Å². The van der Waals surface area contributed by atoms with Crippen molar-refractivity contribution in [1.82, 2.24) is 14.1 Å². The highest BCUT2D eigenvalue weighted by atomic mass is 16.3. The molecule has 1 aromatic carbocycles. The number of imidazole rings is 1. The number of allylic oxidation sites excluding steroid dienone is 3. The summed E-state index contributed by atoms with van der Waals surface area (Å²) in [7, 11) is 1.79. The largest absolute Gasteiger partial charge is 0.393 e. The quantitative estimate of drug-likeness (QED) is 0.514. The zero-order valence-electron chi connectivity index (χ0n) is 17.4. The van der Waals surface area contributed by atoms with E-state index >= 15 is 0 Å². The van der Waals surface area contributed by atoms with Crippen molar-refractivity contribution in [3.8, 4) is 0 Å². The summed E-state index contributed by atoms with van der Waals surface area (Å²) in [6, 6.07) is 6.15. The van der Waals surface area contributed by atoms with Gasteiger partial charge in [-0.1, -0.05) is 12.1 Å². The molecule has 3 aromatic rings. The van der Waals surface area contributed by atoms with E-state index in [-0.39, 0.29) is 17.8 Å². The van der Waals surface area contributed by atoms with Crippen LogP contribution in [0.25, 0.3) is 27.5 Å². The second-order valence-electron chi connectivity index (χ2n) is 8.00.